The first kappa shape index (κ1) is 8.76. The van der Waals surface area contributed by atoms with Crippen molar-refractivity contribution in [2.75, 3.05) is 5.73 Å². The van der Waals surface area contributed by atoms with E-state index in [1.54, 1.807) is 0 Å². The standard InChI is InChI=1S/C6H4F4N2/c7-3-1-2(11)4(8)5(12-3)6(9)10/h1,6H,(H2,11,12). The Morgan fingerprint density at radius 1 is 1.33 bits per heavy atom. The van der Waals surface area contributed by atoms with Gasteiger partial charge < -0.3 is 5.73 Å². The third kappa shape index (κ3) is 1.46. The average Bonchev–Trinajstić information content (AvgIpc) is 1.96. The molecule has 0 aromatic carbocycles. The Kier molecular flexibility index (Phi) is 2.16. The maximum Gasteiger partial charge on any atom is 0.283 e. The van der Waals surface area contributed by atoms with Crippen LogP contribution in [-0.4, -0.2) is 4.98 Å². The van der Waals surface area contributed by atoms with Gasteiger partial charge in [-0.2, -0.15) is 4.39 Å². The van der Waals surface area contributed by atoms with Gasteiger partial charge in [0.25, 0.3) is 6.43 Å². The molecule has 0 radical (unpaired) electrons. The second kappa shape index (κ2) is 2.96. The predicted octanol–water partition coefficient (Wildman–Crippen LogP) is 1.88. The number of aromatic nitrogens is 1. The Morgan fingerprint density at radius 2 is 1.92 bits per heavy atom. The number of hydrogen-bond acceptors (Lipinski definition) is 2. The molecule has 0 atom stereocenters. The van der Waals surface area contributed by atoms with Crippen LogP contribution in [0.2, 0.25) is 0 Å². The quantitative estimate of drug-likeness (QED) is 0.529. The van der Waals surface area contributed by atoms with Gasteiger partial charge in [-0.15, -0.1) is 0 Å². The second-order valence-electron chi connectivity index (χ2n) is 2.03. The summed E-state index contributed by atoms with van der Waals surface area (Å²) in [6.45, 7) is 0. The summed E-state index contributed by atoms with van der Waals surface area (Å²) in [5.74, 6) is -2.59. The topological polar surface area (TPSA) is 38.9 Å². The van der Waals surface area contributed by atoms with Crippen LogP contribution in [0.1, 0.15) is 12.1 Å². The number of nitrogens with two attached hydrogens (primary N) is 1. The first-order valence-corrected chi connectivity index (χ1v) is 2.92. The fraction of sp³-hybridized carbons (Fsp3) is 0.167. The highest BCUT2D eigenvalue weighted by Crippen LogP contribution is 2.23. The molecule has 0 bridgehead atoms. The van der Waals surface area contributed by atoms with Gasteiger partial charge in [0.2, 0.25) is 5.95 Å². The van der Waals surface area contributed by atoms with E-state index in [1.807, 2.05) is 0 Å². The van der Waals surface area contributed by atoms with E-state index in [-0.39, 0.29) is 0 Å². The molecule has 0 aliphatic carbocycles. The van der Waals surface area contributed by atoms with E-state index in [0.29, 0.717) is 6.07 Å². The van der Waals surface area contributed by atoms with E-state index >= 15 is 0 Å². The molecule has 1 aromatic heterocycles. The molecule has 6 heteroatoms. The Labute approximate surface area is 65.0 Å². The predicted molar refractivity (Wildman–Crippen MR) is 33.5 cm³/mol. The number of anilines is 1. The number of pyridine rings is 1. The maximum atomic E-state index is 12.6. The molecular formula is C6H4F4N2. The number of nitrogen functional groups attached to an aromatic ring is 1. The Balaban J connectivity index is 3.28. The van der Waals surface area contributed by atoms with Crippen molar-refractivity contribution in [3.8, 4) is 0 Å². The van der Waals surface area contributed by atoms with Crippen molar-refractivity contribution in [1.82, 2.24) is 4.98 Å². The lowest BCUT2D eigenvalue weighted by Crippen LogP contribution is -2.02. The second-order valence-corrected chi connectivity index (χ2v) is 2.03. The minimum absolute atomic E-state index is 0.543. The molecular weight excluding hydrogens is 176 g/mol. The zero-order chi connectivity index (χ0) is 9.30. The summed E-state index contributed by atoms with van der Waals surface area (Å²) in [5, 5.41) is 0. The third-order valence-electron chi connectivity index (χ3n) is 1.19. The van der Waals surface area contributed by atoms with Crippen molar-refractivity contribution >= 4 is 5.69 Å². The highest BCUT2D eigenvalue weighted by molar-refractivity contribution is 5.40. The number of hydrogen-bond donors (Lipinski definition) is 1. The van der Waals surface area contributed by atoms with Gasteiger partial charge >= 0.3 is 0 Å². The summed E-state index contributed by atoms with van der Waals surface area (Å²) in [4.78, 5) is 2.66. The lowest BCUT2D eigenvalue weighted by Gasteiger charge is -2.02. The van der Waals surface area contributed by atoms with Gasteiger partial charge in [-0.3, -0.25) is 0 Å². The fourth-order valence-corrected chi connectivity index (χ4v) is 0.681. The van der Waals surface area contributed by atoms with Crippen LogP contribution in [-0.2, 0) is 0 Å². The van der Waals surface area contributed by atoms with Gasteiger partial charge in [-0.05, 0) is 0 Å². The van der Waals surface area contributed by atoms with Crippen LogP contribution in [0.15, 0.2) is 6.07 Å². The lowest BCUT2D eigenvalue weighted by atomic mass is 10.3. The molecule has 2 N–H and O–H groups in total. The minimum Gasteiger partial charge on any atom is -0.396 e. The molecule has 0 aliphatic rings. The number of rotatable bonds is 1. The summed E-state index contributed by atoms with van der Waals surface area (Å²) < 4.78 is 48.6. The van der Waals surface area contributed by atoms with Crippen LogP contribution in [0, 0.1) is 11.8 Å². The molecule has 0 amide bonds. The molecule has 0 saturated heterocycles. The Bertz CT molecular complexity index is 300. The van der Waals surface area contributed by atoms with Gasteiger partial charge in [-0.1, -0.05) is 0 Å². The highest BCUT2D eigenvalue weighted by atomic mass is 19.3. The normalized spacial score (nSPS) is 10.8. The van der Waals surface area contributed by atoms with Crippen LogP contribution >= 0.6 is 0 Å². The fourth-order valence-electron chi connectivity index (χ4n) is 0.681. The maximum absolute atomic E-state index is 12.6. The van der Waals surface area contributed by atoms with Crippen molar-refractivity contribution in [3.05, 3.63) is 23.5 Å². The van der Waals surface area contributed by atoms with Crippen LogP contribution < -0.4 is 5.73 Å². The summed E-state index contributed by atoms with van der Waals surface area (Å²) in [6, 6.07) is 0.543. The highest BCUT2D eigenvalue weighted by Gasteiger charge is 2.18. The summed E-state index contributed by atoms with van der Waals surface area (Å²) >= 11 is 0. The van der Waals surface area contributed by atoms with Crippen molar-refractivity contribution in [1.29, 1.82) is 0 Å². The van der Waals surface area contributed by atoms with E-state index in [4.69, 9.17) is 5.73 Å². The molecule has 1 rings (SSSR count). The SMILES string of the molecule is Nc1cc(F)nc(C(F)F)c1F. The number of alkyl halides is 2. The minimum atomic E-state index is -3.16. The van der Waals surface area contributed by atoms with E-state index in [9.17, 15) is 17.6 Å². The van der Waals surface area contributed by atoms with Crippen molar-refractivity contribution in [3.63, 3.8) is 0 Å². The molecule has 0 fully saturated rings. The molecule has 2 nitrogen and oxygen atoms in total. The Hall–Kier alpha value is -1.33. The van der Waals surface area contributed by atoms with Crippen LogP contribution in [0.4, 0.5) is 23.2 Å². The van der Waals surface area contributed by atoms with Crippen molar-refractivity contribution in [2.45, 2.75) is 6.43 Å². The largest absolute Gasteiger partial charge is 0.396 e. The van der Waals surface area contributed by atoms with E-state index < -0.39 is 29.6 Å². The van der Waals surface area contributed by atoms with Gasteiger partial charge in [0.1, 0.15) is 5.69 Å². The third-order valence-corrected chi connectivity index (χ3v) is 1.19. The van der Waals surface area contributed by atoms with E-state index in [0.717, 1.165) is 0 Å². The summed E-state index contributed by atoms with van der Waals surface area (Å²) in [6.07, 6.45) is -3.16. The Morgan fingerprint density at radius 3 is 2.42 bits per heavy atom. The molecule has 0 spiro atoms. The molecule has 12 heavy (non-hydrogen) atoms. The molecule has 0 aliphatic heterocycles. The summed E-state index contributed by atoms with van der Waals surface area (Å²) in [7, 11) is 0. The van der Waals surface area contributed by atoms with Gasteiger partial charge in [0.15, 0.2) is 5.82 Å². The first-order valence-electron chi connectivity index (χ1n) is 2.92. The van der Waals surface area contributed by atoms with E-state index in [1.165, 1.54) is 0 Å². The lowest BCUT2D eigenvalue weighted by molar-refractivity contribution is 0.139. The average molecular weight is 180 g/mol. The van der Waals surface area contributed by atoms with Crippen molar-refractivity contribution < 1.29 is 17.6 Å². The zero-order valence-electron chi connectivity index (χ0n) is 5.69. The number of nitrogens with zero attached hydrogens (tertiary/aromatic N) is 1. The molecule has 1 aromatic rings. The smallest absolute Gasteiger partial charge is 0.283 e. The monoisotopic (exact) mass is 180 g/mol. The van der Waals surface area contributed by atoms with Gasteiger partial charge in [0.05, 0.1) is 5.69 Å². The molecule has 1 heterocycles. The van der Waals surface area contributed by atoms with Gasteiger partial charge in [0, 0.05) is 6.07 Å². The molecule has 0 saturated carbocycles. The first-order chi connectivity index (χ1) is 5.52. The number of halogens is 4. The van der Waals surface area contributed by atoms with Crippen LogP contribution in [0.5, 0.6) is 0 Å². The zero-order valence-corrected chi connectivity index (χ0v) is 5.69. The van der Waals surface area contributed by atoms with E-state index in [2.05, 4.69) is 4.98 Å². The van der Waals surface area contributed by atoms with Crippen LogP contribution in [0.25, 0.3) is 0 Å². The van der Waals surface area contributed by atoms with Gasteiger partial charge in [-0.25, -0.2) is 18.2 Å². The molecule has 66 valence electrons. The summed E-state index contributed by atoms with van der Waals surface area (Å²) in [5.41, 5.74) is 2.95. The van der Waals surface area contributed by atoms with Crippen molar-refractivity contribution in [2.24, 2.45) is 0 Å². The molecule has 0 unspecified atom stereocenters. The van der Waals surface area contributed by atoms with Crippen LogP contribution in [0.3, 0.4) is 0 Å².